The van der Waals surface area contributed by atoms with Crippen molar-refractivity contribution in [3.8, 4) is 34.3 Å². The van der Waals surface area contributed by atoms with E-state index in [1.165, 1.54) is 12.8 Å². The van der Waals surface area contributed by atoms with Crippen molar-refractivity contribution in [1.82, 2.24) is 30.0 Å². The van der Waals surface area contributed by atoms with E-state index in [-0.39, 0.29) is 5.91 Å². The number of hydrogen-bond acceptors (Lipinski definition) is 8. The molecule has 0 atom stereocenters. The highest BCUT2D eigenvalue weighted by molar-refractivity contribution is 5.80. The molecule has 5 rings (SSSR count). The highest BCUT2D eigenvalue weighted by Crippen LogP contribution is 2.32. The molecule has 0 aliphatic carbocycles. The SMILES string of the molecule is COc1ccc(-c2nc(-c3ccc4c(c3)nnn4CCC(=O)N3CCCCCC3)no2)cc1OC. The first kappa shape index (κ1) is 22.8. The lowest BCUT2D eigenvalue weighted by Gasteiger charge is -2.20. The van der Waals surface area contributed by atoms with Gasteiger partial charge in [-0.1, -0.05) is 23.2 Å². The number of carbonyl (C=O) groups excluding carboxylic acids is 1. The molecule has 1 aliphatic heterocycles. The zero-order valence-corrected chi connectivity index (χ0v) is 19.9. The van der Waals surface area contributed by atoms with Crippen molar-refractivity contribution in [1.29, 1.82) is 0 Å². The van der Waals surface area contributed by atoms with Crippen LogP contribution in [0.4, 0.5) is 0 Å². The van der Waals surface area contributed by atoms with Crippen LogP contribution in [0.15, 0.2) is 40.9 Å². The van der Waals surface area contributed by atoms with E-state index in [9.17, 15) is 4.79 Å². The molecule has 35 heavy (non-hydrogen) atoms. The van der Waals surface area contributed by atoms with Gasteiger partial charge in [0, 0.05) is 30.6 Å². The monoisotopic (exact) mass is 476 g/mol. The zero-order chi connectivity index (χ0) is 24.2. The Morgan fingerprint density at radius 3 is 2.51 bits per heavy atom. The van der Waals surface area contributed by atoms with Crippen molar-refractivity contribution < 1.29 is 18.8 Å². The molecule has 10 nitrogen and oxygen atoms in total. The lowest BCUT2D eigenvalue weighted by molar-refractivity contribution is -0.131. The maximum Gasteiger partial charge on any atom is 0.258 e. The van der Waals surface area contributed by atoms with Crippen molar-refractivity contribution in [2.75, 3.05) is 27.3 Å². The molecule has 0 N–H and O–H groups in total. The molecule has 2 aromatic heterocycles. The fraction of sp³-hybridized carbons (Fsp3) is 0.400. The minimum Gasteiger partial charge on any atom is -0.493 e. The Labute approximate surface area is 202 Å². The third-order valence-corrected chi connectivity index (χ3v) is 6.32. The molecule has 1 aliphatic rings. The van der Waals surface area contributed by atoms with E-state index in [1.54, 1.807) is 31.0 Å². The Bertz CT molecular complexity index is 1320. The summed E-state index contributed by atoms with van der Waals surface area (Å²) in [6.07, 6.45) is 5.00. The number of rotatable bonds is 7. The summed E-state index contributed by atoms with van der Waals surface area (Å²) < 4.78 is 17.9. The molecule has 1 amide bonds. The Hall–Kier alpha value is -3.95. The molecule has 4 aromatic rings. The summed E-state index contributed by atoms with van der Waals surface area (Å²) >= 11 is 0. The molecule has 10 heteroatoms. The largest absolute Gasteiger partial charge is 0.493 e. The van der Waals surface area contributed by atoms with Gasteiger partial charge in [0.2, 0.25) is 11.7 Å². The predicted molar refractivity (Wildman–Crippen MR) is 129 cm³/mol. The summed E-state index contributed by atoms with van der Waals surface area (Å²) in [6, 6.07) is 11.1. The predicted octanol–water partition coefficient (Wildman–Crippen LogP) is 3.96. The molecular weight excluding hydrogens is 448 g/mol. The summed E-state index contributed by atoms with van der Waals surface area (Å²) in [5, 5.41) is 12.7. The molecule has 1 fully saturated rings. The summed E-state index contributed by atoms with van der Waals surface area (Å²) in [4.78, 5) is 19.2. The Morgan fingerprint density at radius 1 is 0.971 bits per heavy atom. The molecular formula is C25H28N6O4. The lowest BCUT2D eigenvalue weighted by atomic mass is 10.1. The van der Waals surface area contributed by atoms with Gasteiger partial charge in [0.1, 0.15) is 5.52 Å². The number of methoxy groups -OCH3 is 2. The zero-order valence-electron chi connectivity index (χ0n) is 19.9. The minimum absolute atomic E-state index is 0.182. The van der Waals surface area contributed by atoms with Crippen LogP contribution in [0, 0.1) is 0 Å². The van der Waals surface area contributed by atoms with Gasteiger partial charge < -0.3 is 18.9 Å². The number of amides is 1. The molecule has 2 aromatic carbocycles. The molecule has 182 valence electrons. The van der Waals surface area contributed by atoms with Crippen LogP contribution in [0.5, 0.6) is 11.5 Å². The first-order valence-electron chi connectivity index (χ1n) is 11.8. The van der Waals surface area contributed by atoms with E-state index in [2.05, 4.69) is 20.5 Å². The number of hydrogen-bond donors (Lipinski definition) is 0. The number of likely N-dealkylation sites (tertiary alicyclic amines) is 1. The van der Waals surface area contributed by atoms with Crippen LogP contribution >= 0.6 is 0 Å². The number of aromatic nitrogens is 5. The Kier molecular flexibility index (Phi) is 6.60. The van der Waals surface area contributed by atoms with Gasteiger partial charge in [-0.3, -0.25) is 4.79 Å². The topological polar surface area (TPSA) is 108 Å². The first-order valence-corrected chi connectivity index (χ1v) is 11.8. The lowest BCUT2D eigenvalue weighted by Crippen LogP contribution is -2.32. The van der Waals surface area contributed by atoms with Crippen LogP contribution in [0.25, 0.3) is 33.9 Å². The van der Waals surface area contributed by atoms with Crippen LogP contribution < -0.4 is 9.47 Å². The summed E-state index contributed by atoms with van der Waals surface area (Å²) in [7, 11) is 3.16. The van der Waals surface area contributed by atoms with Crippen LogP contribution in [0.3, 0.4) is 0 Å². The quantitative estimate of drug-likeness (QED) is 0.394. The highest BCUT2D eigenvalue weighted by atomic mass is 16.5. The normalized spacial score (nSPS) is 14.2. The second-order valence-electron chi connectivity index (χ2n) is 8.55. The molecule has 0 bridgehead atoms. The van der Waals surface area contributed by atoms with Gasteiger partial charge in [0.05, 0.1) is 26.3 Å². The standard InChI is InChI=1S/C25H28N6O4/c1-33-21-10-8-18(16-22(21)34-2)25-26-24(28-35-25)17-7-9-20-19(15-17)27-29-31(20)14-11-23(32)30-12-5-3-4-6-13-30/h7-10,15-16H,3-6,11-14H2,1-2H3. The van der Waals surface area contributed by atoms with Gasteiger partial charge in [-0.05, 0) is 49.2 Å². The maximum absolute atomic E-state index is 12.6. The smallest absolute Gasteiger partial charge is 0.258 e. The van der Waals surface area contributed by atoms with Crippen LogP contribution in [0.2, 0.25) is 0 Å². The summed E-state index contributed by atoms with van der Waals surface area (Å²) in [5.41, 5.74) is 3.06. The Balaban J connectivity index is 1.30. The first-order chi connectivity index (χ1) is 17.2. The third kappa shape index (κ3) is 4.82. The van der Waals surface area contributed by atoms with E-state index in [1.807, 2.05) is 29.2 Å². The molecule has 1 saturated heterocycles. The third-order valence-electron chi connectivity index (χ3n) is 6.32. The van der Waals surface area contributed by atoms with Crippen molar-refractivity contribution in [3.63, 3.8) is 0 Å². The van der Waals surface area contributed by atoms with E-state index in [0.717, 1.165) is 42.6 Å². The fourth-order valence-electron chi connectivity index (χ4n) is 4.38. The van der Waals surface area contributed by atoms with Crippen molar-refractivity contribution in [2.24, 2.45) is 0 Å². The number of aryl methyl sites for hydroxylation is 1. The van der Waals surface area contributed by atoms with Gasteiger partial charge in [-0.25, -0.2) is 4.68 Å². The van der Waals surface area contributed by atoms with Gasteiger partial charge in [0.25, 0.3) is 5.89 Å². The van der Waals surface area contributed by atoms with E-state index < -0.39 is 0 Å². The highest BCUT2D eigenvalue weighted by Gasteiger charge is 2.17. The number of ether oxygens (including phenoxy) is 2. The van der Waals surface area contributed by atoms with Gasteiger partial charge in [-0.2, -0.15) is 4.98 Å². The van der Waals surface area contributed by atoms with Crippen LogP contribution in [-0.4, -0.2) is 63.3 Å². The van der Waals surface area contributed by atoms with Crippen molar-refractivity contribution in [3.05, 3.63) is 36.4 Å². The molecule has 0 radical (unpaired) electrons. The second kappa shape index (κ2) is 10.1. The van der Waals surface area contributed by atoms with Crippen molar-refractivity contribution in [2.45, 2.75) is 38.6 Å². The maximum atomic E-state index is 12.6. The van der Waals surface area contributed by atoms with Crippen LogP contribution in [0.1, 0.15) is 32.1 Å². The van der Waals surface area contributed by atoms with E-state index >= 15 is 0 Å². The van der Waals surface area contributed by atoms with Crippen molar-refractivity contribution >= 4 is 16.9 Å². The van der Waals surface area contributed by atoms with Crippen LogP contribution in [-0.2, 0) is 11.3 Å². The Morgan fingerprint density at radius 2 is 1.74 bits per heavy atom. The molecule has 0 saturated carbocycles. The summed E-state index contributed by atoms with van der Waals surface area (Å²) in [6.45, 7) is 2.21. The summed E-state index contributed by atoms with van der Waals surface area (Å²) in [5.74, 6) is 2.20. The molecule has 0 spiro atoms. The van der Waals surface area contributed by atoms with Gasteiger partial charge in [-0.15, -0.1) is 5.10 Å². The average Bonchev–Trinajstić information content (AvgIpc) is 3.45. The number of fused-ring (bicyclic) bond motifs is 1. The number of nitrogens with zero attached hydrogens (tertiary/aromatic N) is 6. The number of carbonyl (C=O) groups is 1. The molecule has 0 unspecified atom stereocenters. The average molecular weight is 477 g/mol. The number of benzene rings is 2. The molecule has 3 heterocycles. The van der Waals surface area contributed by atoms with E-state index in [4.69, 9.17) is 14.0 Å². The van der Waals surface area contributed by atoms with Gasteiger partial charge in [0.15, 0.2) is 11.5 Å². The van der Waals surface area contributed by atoms with Gasteiger partial charge >= 0.3 is 0 Å². The second-order valence-corrected chi connectivity index (χ2v) is 8.55. The minimum atomic E-state index is 0.182. The van der Waals surface area contributed by atoms with E-state index in [0.29, 0.717) is 41.7 Å². The fourth-order valence-corrected chi connectivity index (χ4v) is 4.38.